The largest absolute Gasteiger partial charge is 0.460 e. The fraction of sp³-hybridized carbons (Fsp3) is 0.520. The van der Waals surface area contributed by atoms with Crippen molar-refractivity contribution >= 4 is 18.2 Å². The molecule has 178 valence electrons. The van der Waals surface area contributed by atoms with Crippen molar-refractivity contribution in [3.8, 4) is 0 Å². The summed E-state index contributed by atoms with van der Waals surface area (Å²) < 4.78 is 16.5. The Hall–Kier alpha value is -3.16. The van der Waals surface area contributed by atoms with E-state index in [1.165, 1.54) is 6.21 Å². The van der Waals surface area contributed by atoms with Crippen molar-refractivity contribution < 1.29 is 28.8 Å². The number of aromatic nitrogens is 1. The van der Waals surface area contributed by atoms with Gasteiger partial charge in [-0.05, 0) is 57.9 Å². The number of ether oxygens (including phenoxy) is 2. The summed E-state index contributed by atoms with van der Waals surface area (Å²) in [6.07, 6.45) is 4.03. The van der Waals surface area contributed by atoms with E-state index in [0.29, 0.717) is 17.9 Å². The summed E-state index contributed by atoms with van der Waals surface area (Å²) >= 11 is 0. The van der Waals surface area contributed by atoms with Crippen LogP contribution in [-0.4, -0.2) is 34.1 Å². The Labute approximate surface area is 193 Å². The lowest BCUT2D eigenvalue weighted by Gasteiger charge is -2.25. The summed E-state index contributed by atoms with van der Waals surface area (Å²) in [4.78, 5) is 26.1. The Balaban J connectivity index is 1.83. The van der Waals surface area contributed by atoms with Crippen LogP contribution in [0.4, 0.5) is 0 Å². The molecule has 1 unspecified atom stereocenters. The van der Waals surface area contributed by atoms with Crippen molar-refractivity contribution in [2.45, 2.75) is 77.4 Å². The molecule has 8 nitrogen and oxygen atoms in total. The molecule has 0 bridgehead atoms. The fourth-order valence-electron chi connectivity index (χ4n) is 3.79. The Bertz CT molecular complexity index is 973. The predicted octanol–water partition coefficient (Wildman–Crippen LogP) is 4.95. The van der Waals surface area contributed by atoms with Crippen LogP contribution in [-0.2, 0) is 25.7 Å². The van der Waals surface area contributed by atoms with Gasteiger partial charge in [-0.2, -0.15) is 0 Å². The van der Waals surface area contributed by atoms with Crippen molar-refractivity contribution in [2.75, 3.05) is 0 Å². The van der Waals surface area contributed by atoms with Crippen LogP contribution in [0, 0.1) is 5.92 Å². The molecule has 1 fully saturated rings. The lowest BCUT2D eigenvalue weighted by atomic mass is 9.87. The van der Waals surface area contributed by atoms with Gasteiger partial charge in [0.2, 0.25) is 0 Å². The molecular weight excluding hydrogens is 424 g/mol. The third kappa shape index (κ3) is 6.66. The molecule has 1 aromatic heterocycles. The van der Waals surface area contributed by atoms with Crippen LogP contribution in [0.25, 0.3) is 0 Å². The van der Waals surface area contributed by atoms with Crippen molar-refractivity contribution in [3.63, 3.8) is 0 Å². The molecule has 1 N–H and O–H groups in total. The predicted molar refractivity (Wildman–Crippen MR) is 121 cm³/mol. The summed E-state index contributed by atoms with van der Waals surface area (Å²) in [6, 6.07) is 9.31. The lowest BCUT2D eigenvalue weighted by molar-refractivity contribution is -0.170. The number of esters is 2. The molecule has 0 saturated heterocycles. The van der Waals surface area contributed by atoms with E-state index in [1.807, 2.05) is 37.3 Å². The minimum absolute atomic E-state index is 0.0736. The molecule has 2 aromatic rings. The van der Waals surface area contributed by atoms with Gasteiger partial charge in [0.05, 0.1) is 5.69 Å². The van der Waals surface area contributed by atoms with E-state index >= 15 is 0 Å². The van der Waals surface area contributed by atoms with Crippen LogP contribution in [0.3, 0.4) is 0 Å². The average molecular weight is 457 g/mol. The second kappa shape index (κ2) is 10.6. The quantitative estimate of drug-likeness (QED) is 0.177. The highest BCUT2D eigenvalue weighted by Crippen LogP contribution is 2.46. The third-order valence-corrected chi connectivity index (χ3v) is 5.54. The highest BCUT2D eigenvalue weighted by Gasteiger charge is 2.39. The second-order valence-electron chi connectivity index (χ2n) is 9.38. The second-order valence-corrected chi connectivity index (χ2v) is 9.38. The van der Waals surface area contributed by atoms with Crippen molar-refractivity contribution in [1.29, 1.82) is 0 Å². The molecule has 0 spiro atoms. The lowest BCUT2D eigenvalue weighted by Crippen LogP contribution is -2.34. The number of rotatable bonds is 10. The van der Waals surface area contributed by atoms with Gasteiger partial charge < -0.3 is 19.2 Å². The molecule has 0 aliphatic heterocycles. The maximum Gasteiger partial charge on any atom is 0.320 e. The summed E-state index contributed by atoms with van der Waals surface area (Å²) in [5.74, 6) is -1.89. The minimum atomic E-state index is -1.10. The van der Waals surface area contributed by atoms with Gasteiger partial charge in [0, 0.05) is 11.5 Å². The van der Waals surface area contributed by atoms with Crippen molar-refractivity contribution in [2.24, 2.45) is 11.1 Å². The molecule has 1 aromatic carbocycles. The van der Waals surface area contributed by atoms with Gasteiger partial charge in [-0.25, -0.2) is 0 Å². The van der Waals surface area contributed by atoms with Crippen LogP contribution < -0.4 is 0 Å². The van der Waals surface area contributed by atoms with E-state index in [-0.39, 0.29) is 24.9 Å². The Kier molecular flexibility index (Phi) is 7.89. The molecule has 1 aliphatic rings. The first-order chi connectivity index (χ1) is 15.7. The zero-order valence-corrected chi connectivity index (χ0v) is 19.6. The first-order valence-corrected chi connectivity index (χ1v) is 11.3. The topological polar surface area (TPSA) is 111 Å². The van der Waals surface area contributed by atoms with Crippen LogP contribution in [0.15, 0.2) is 40.0 Å². The Morgan fingerprint density at radius 2 is 1.94 bits per heavy atom. The van der Waals surface area contributed by atoms with E-state index in [1.54, 1.807) is 20.8 Å². The highest BCUT2D eigenvalue weighted by atomic mass is 16.6. The summed E-state index contributed by atoms with van der Waals surface area (Å²) in [7, 11) is 0. The number of carbonyl (C=O) groups is 2. The molecule has 1 heterocycles. The van der Waals surface area contributed by atoms with Crippen molar-refractivity contribution in [3.05, 3.63) is 52.9 Å². The van der Waals surface area contributed by atoms with Gasteiger partial charge in [0.15, 0.2) is 11.7 Å². The minimum Gasteiger partial charge on any atom is -0.460 e. The maximum atomic E-state index is 13.0. The molecule has 0 radical (unpaired) electrons. The molecule has 8 heteroatoms. The molecule has 1 aliphatic carbocycles. The summed E-state index contributed by atoms with van der Waals surface area (Å²) in [6.45, 7) is 7.33. The fourth-order valence-corrected chi connectivity index (χ4v) is 3.79. The SMILES string of the molecule is CCC(C[C@H](C(=O)OCc1ccccc1)C(=O)OC(C)(C)C)c1noc(C=NO)c1C1CC1. The Morgan fingerprint density at radius 1 is 1.24 bits per heavy atom. The number of hydrogen-bond donors (Lipinski definition) is 1. The van der Waals surface area contributed by atoms with Crippen LogP contribution >= 0.6 is 0 Å². The monoisotopic (exact) mass is 456 g/mol. The summed E-state index contributed by atoms with van der Waals surface area (Å²) in [5.41, 5.74) is 1.68. The van der Waals surface area contributed by atoms with E-state index in [2.05, 4.69) is 10.3 Å². The number of nitrogens with zero attached hydrogens (tertiary/aromatic N) is 2. The molecule has 2 atom stereocenters. The normalized spacial score (nSPS) is 15.9. The van der Waals surface area contributed by atoms with Gasteiger partial charge in [-0.3, -0.25) is 9.59 Å². The number of hydrogen-bond acceptors (Lipinski definition) is 8. The van der Waals surface area contributed by atoms with E-state index in [4.69, 9.17) is 19.2 Å². The molecule has 3 rings (SSSR count). The number of benzene rings is 1. The standard InChI is InChI=1S/C25H32N2O6/c1-5-17(22-21(18-11-12-18)20(14-26-30)33-27-22)13-19(24(29)32-25(2,3)4)23(28)31-15-16-9-7-6-8-10-16/h6-10,14,17-19,30H,5,11-13,15H2,1-4H3/t17?,19-/m1/s1. The molecule has 1 saturated carbocycles. The molecule has 0 amide bonds. The number of oxime groups is 1. The van der Waals surface area contributed by atoms with Crippen LogP contribution in [0.5, 0.6) is 0 Å². The van der Waals surface area contributed by atoms with E-state index in [9.17, 15) is 9.59 Å². The van der Waals surface area contributed by atoms with E-state index in [0.717, 1.165) is 24.0 Å². The summed E-state index contributed by atoms with van der Waals surface area (Å²) in [5, 5.41) is 16.3. The highest BCUT2D eigenvalue weighted by molar-refractivity contribution is 5.95. The van der Waals surface area contributed by atoms with E-state index < -0.39 is 23.5 Å². The average Bonchev–Trinajstić information content (AvgIpc) is 3.53. The molecular formula is C25H32N2O6. The maximum absolute atomic E-state index is 13.0. The third-order valence-electron chi connectivity index (χ3n) is 5.54. The van der Waals surface area contributed by atoms with Gasteiger partial charge in [-0.15, -0.1) is 0 Å². The first kappa shape index (κ1) is 24.5. The van der Waals surface area contributed by atoms with Crippen LogP contribution in [0.2, 0.25) is 0 Å². The van der Waals surface area contributed by atoms with Crippen LogP contribution in [0.1, 0.15) is 87.8 Å². The van der Waals surface area contributed by atoms with Gasteiger partial charge >= 0.3 is 11.9 Å². The first-order valence-electron chi connectivity index (χ1n) is 11.3. The zero-order chi connectivity index (χ0) is 24.0. The Morgan fingerprint density at radius 3 is 2.52 bits per heavy atom. The molecule has 33 heavy (non-hydrogen) atoms. The van der Waals surface area contributed by atoms with Crippen molar-refractivity contribution in [1.82, 2.24) is 5.16 Å². The van der Waals surface area contributed by atoms with Gasteiger partial charge in [0.1, 0.15) is 18.4 Å². The van der Waals surface area contributed by atoms with Gasteiger partial charge in [-0.1, -0.05) is 47.6 Å². The zero-order valence-electron chi connectivity index (χ0n) is 19.6. The smallest absolute Gasteiger partial charge is 0.320 e. The number of carbonyl (C=O) groups excluding carboxylic acids is 2. The van der Waals surface area contributed by atoms with Gasteiger partial charge in [0.25, 0.3) is 0 Å².